The first-order valence-corrected chi connectivity index (χ1v) is 14.5. The summed E-state index contributed by atoms with van der Waals surface area (Å²) in [5.41, 5.74) is 4.20. The van der Waals surface area contributed by atoms with Gasteiger partial charge in [0.25, 0.3) is 0 Å². The van der Waals surface area contributed by atoms with E-state index in [1.54, 1.807) is 11.8 Å². The zero-order chi connectivity index (χ0) is 26.3. The first-order chi connectivity index (χ1) is 18.1. The molecular formula is C30H42N4O2S. The van der Waals surface area contributed by atoms with E-state index in [1.165, 1.54) is 19.3 Å². The molecule has 7 heteroatoms. The quantitative estimate of drug-likeness (QED) is 0.154. The Bertz CT molecular complexity index is 983. The molecule has 200 valence electrons. The maximum absolute atomic E-state index is 12.6. The van der Waals surface area contributed by atoms with E-state index in [2.05, 4.69) is 41.5 Å². The van der Waals surface area contributed by atoms with Crippen molar-refractivity contribution >= 4 is 17.8 Å². The van der Waals surface area contributed by atoms with Gasteiger partial charge in [-0.25, -0.2) is 9.78 Å². The number of benzene rings is 2. The van der Waals surface area contributed by atoms with Gasteiger partial charge in [-0.3, -0.25) is 0 Å². The van der Waals surface area contributed by atoms with Crippen molar-refractivity contribution in [2.24, 2.45) is 0 Å². The van der Waals surface area contributed by atoms with Gasteiger partial charge in [0.1, 0.15) is 0 Å². The summed E-state index contributed by atoms with van der Waals surface area (Å²) in [6.07, 6.45) is 5.91. The molecule has 1 heterocycles. The van der Waals surface area contributed by atoms with Crippen LogP contribution < -0.4 is 5.32 Å². The summed E-state index contributed by atoms with van der Waals surface area (Å²) in [6.45, 7) is 8.71. The molecule has 0 radical (unpaired) electrons. The number of carbonyl (C=O) groups is 1. The highest BCUT2D eigenvalue weighted by atomic mass is 32.2. The molecule has 37 heavy (non-hydrogen) atoms. The fraction of sp³-hybridized carbons (Fsp3) is 0.467. The minimum Gasteiger partial charge on any atom is -0.379 e. The van der Waals surface area contributed by atoms with Gasteiger partial charge in [0.05, 0.1) is 24.6 Å². The molecule has 0 atom stereocenters. The second kappa shape index (κ2) is 16.2. The van der Waals surface area contributed by atoms with E-state index in [-0.39, 0.29) is 12.1 Å². The highest BCUT2D eigenvalue weighted by Crippen LogP contribution is 2.32. The van der Waals surface area contributed by atoms with Crippen LogP contribution in [-0.2, 0) is 4.74 Å². The van der Waals surface area contributed by atoms with E-state index in [9.17, 15) is 4.79 Å². The van der Waals surface area contributed by atoms with Crippen LogP contribution in [0.3, 0.4) is 0 Å². The average Bonchev–Trinajstić information content (AvgIpc) is 3.34. The predicted molar refractivity (Wildman–Crippen MR) is 155 cm³/mol. The van der Waals surface area contributed by atoms with Crippen molar-refractivity contribution in [1.29, 1.82) is 0 Å². The molecule has 0 aliphatic carbocycles. The Morgan fingerprint density at radius 3 is 2.30 bits per heavy atom. The first kappa shape index (κ1) is 28.8. The third kappa shape index (κ3) is 9.90. The fourth-order valence-electron chi connectivity index (χ4n) is 4.07. The van der Waals surface area contributed by atoms with Crippen molar-refractivity contribution in [3.8, 4) is 22.5 Å². The van der Waals surface area contributed by atoms with Crippen molar-refractivity contribution in [3.05, 3.63) is 60.7 Å². The van der Waals surface area contributed by atoms with Gasteiger partial charge in [0.2, 0.25) is 0 Å². The van der Waals surface area contributed by atoms with Gasteiger partial charge < -0.3 is 19.9 Å². The molecule has 3 rings (SSSR count). The van der Waals surface area contributed by atoms with Gasteiger partial charge in [-0.2, -0.15) is 0 Å². The number of rotatable bonds is 16. The molecule has 2 amide bonds. The topological polar surface area (TPSA) is 70.2 Å². The lowest BCUT2D eigenvalue weighted by molar-refractivity contribution is 0.119. The molecule has 1 aromatic heterocycles. The normalized spacial score (nSPS) is 11.1. The first-order valence-electron chi connectivity index (χ1n) is 13.5. The number of thioether (sulfide) groups is 1. The smallest absolute Gasteiger partial charge is 0.317 e. The molecule has 6 nitrogen and oxygen atoms in total. The van der Waals surface area contributed by atoms with Crippen LogP contribution in [0, 0.1) is 0 Å². The maximum atomic E-state index is 12.6. The van der Waals surface area contributed by atoms with Gasteiger partial charge in [-0.15, -0.1) is 0 Å². The molecule has 3 aromatic rings. The van der Waals surface area contributed by atoms with Gasteiger partial charge in [-0.1, -0.05) is 105 Å². The summed E-state index contributed by atoms with van der Waals surface area (Å²) in [4.78, 5) is 22.9. The molecule has 0 aliphatic rings. The average molecular weight is 523 g/mol. The van der Waals surface area contributed by atoms with Crippen LogP contribution in [0.4, 0.5) is 4.79 Å². The third-order valence-electron chi connectivity index (χ3n) is 5.99. The maximum Gasteiger partial charge on any atom is 0.317 e. The SMILES string of the molecule is CCCCCCCN(CCOCCSc1nc(-c2ccccc2)c(-c2ccccc2)[nH]1)C(=O)NC(C)C. The van der Waals surface area contributed by atoms with E-state index in [1.807, 2.05) is 55.1 Å². The van der Waals surface area contributed by atoms with E-state index < -0.39 is 0 Å². The number of H-pyrrole nitrogens is 1. The number of imidazole rings is 1. The highest BCUT2D eigenvalue weighted by Gasteiger charge is 2.15. The van der Waals surface area contributed by atoms with E-state index >= 15 is 0 Å². The molecule has 0 spiro atoms. The van der Waals surface area contributed by atoms with Crippen LogP contribution in [0.2, 0.25) is 0 Å². The lowest BCUT2D eigenvalue weighted by atomic mass is 10.1. The van der Waals surface area contributed by atoms with Gasteiger partial charge in [-0.05, 0) is 20.3 Å². The molecule has 0 unspecified atom stereocenters. The lowest BCUT2D eigenvalue weighted by Gasteiger charge is -2.24. The summed E-state index contributed by atoms with van der Waals surface area (Å²) < 4.78 is 5.91. The van der Waals surface area contributed by atoms with Crippen molar-refractivity contribution in [1.82, 2.24) is 20.2 Å². The van der Waals surface area contributed by atoms with E-state index in [0.29, 0.717) is 19.8 Å². The molecule has 0 aliphatic heterocycles. The molecule has 0 fully saturated rings. The minimum absolute atomic E-state index is 0.000866. The van der Waals surface area contributed by atoms with Crippen LogP contribution in [0.1, 0.15) is 52.9 Å². The standard InChI is InChI=1S/C30H42N4O2S/c1-4-5-6-7-14-19-34(30(35)31-24(2)3)20-21-36-22-23-37-29-32-27(25-15-10-8-11-16-25)28(33-29)26-17-12-9-13-18-26/h8-13,15-18,24H,4-7,14,19-23H2,1-3H3,(H,31,35)(H,32,33). The van der Waals surface area contributed by atoms with Crippen molar-refractivity contribution in [2.45, 2.75) is 64.1 Å². The van der Waals surface area contributed by atoms with Crippen LogP contribution in [0.5, 0.6) is 0 Å². The highest BCUT2D eigenvalue weighted by molar-refractivity contribution is 7.99. The Morgan fingerprint density at radius 2 is 1.62 bits per heavy atom. The Labute approximate surface area is 226 Å². The summed E-state index contributed by atoms with van der Waals surface area (Å²) in [6, 6.07) is 20.7. The number of nitrogens with one attached hydrogen (secondary N) is 2. The number of amides is 2. The Balaban J connectivity index is 1.49. The Hall–Kier alpha value is -2.77. The zero-order valence-electron chi connectivity index (χ0n) is 22.5. The van der Waals surface area contributed by atoms with Crippen LogP contribution in [-0.4, -0.2) is 59.0 Å². The Kier molecular flexibility index (Phi) is 12.6. The van der Waals surface area contributed by atoms with E-state index in [0.717, 1.165) is 52.8 Å². The number of ether oxygens (including phenoxy) is 1. The summed E-state index contributed by atoms with van der Waals surface area (Å²) in [5, 5.41) is 3.90. The molecular weight excluding hydrogens is 480 g/mol. The molecule has 2 aromatic carbocycles. The Morgan fingerprint density at radius 1 is 0.946 bits per heavy atom. The second-order valence-corrected chi connectivity index (χ2v) is 10.5. The second-order valence-electron chi connectivity index (χ2n) is 9.46. The zero-order valence-corrected chi connectivity index (χ0v) is 23.4. The number of urea groups is 1. The monoisotopic (exact) mass is 522 g/mol. The van der Waals surface area contributed by atoms with Gasteiger partial charge in [0, 0.05) is 36.0 Å². The number of aromatic nitrogens is 2. The van der Waals surface area contributed by atoms with Crippen molar-refractivity contribution < 1.29 is 9.53 Å². The number of carbonyl (C=O) groups excluding carboxylic acids is 1. The largest absolute Gasteiger partial charge is 0.379 e. The van der Waals surface area contributed by atoms with Crippen LogP contribution in [0.15, 0.2) is 65.8 Å². The third-order valence-corrected chi connectivity index (χ3v) is 6.83. The van der Waals surface area contributed by atoms with Gasteiger partial charge in [0.15, 0.2) is 5.16 Å². The lowest BCUT2D eigenvalue weighted by Crippen LogP contribution is -2.44. The number of hydrogen-bond acceptors (Lipinski definition) is 4. The van der Waals surface area contributed by atoms with E-state index in [4.69, 9.17) is 9.72 Å². The van der Waals surface area contributed by atoms with Gasteiger partial charge >= 0.3 is 6.03 Å². The molecule has 0 saturated carbocycles. The minimum atomic E-state index is 0.000866. The summed E-state index contributed by atoms with van der Waals surface area (Å²) in [5.74, 6) is 0.783. The summed E-state index contributed by atoms with van der Waals surface area (Å²) in [7, 11) is 0. The fourth-order valence-corrected chi connectivity index (χ4v) is 4.80. The molecule has 0 bridgehead atoms. The molecule has 2 N–H and O–H groups in total. The summed E-state index contributed by atoms with van der Waals surface area (Å²) >= 11 is 1.66. The predicted octanol–water partition coefficient (Wildman–Crippen LogP) is 7.24. The van der Waals surface area contributed by atoms with Crippen LogP contribution in [0.25, 0.3) is 22.5 Å². The van der Waals surface area contributed by atoms with Crippen molar-refractivity contribution in [3.63, 3.8) is 0 Å². The molecule has 0 saturated heterocycles. The number of nitrogens with zero attached hydrogens (tertiary/aromatic N) is 2. The van der Waals surface area contributed by atoms with Crippen LogP contribution >= 0.6 is 11.8 Å². The number of hydrogen-bond donors (Lipinski definition) is 2. The number of unbranched alkanes of at least 4 members (excludes halogenated alkanes) is 4. The van der Waals surface area contributed by atoms with Crippen molar-refractivity contribution in [2.75, 3.05) is 32.1 Å². The number of aromatic amines is 1.